The number of hydrogen-bond acceptors (Lipinski definition) is 4. The smallest absolute Gasteiger partial charge is 0.261 e. The number of hydrogen-bond donors (Lipinski definition) is 1. The Labute approximate surface area is 172 Å². The molecule has 2 rings (SSSR count). The minimum atomic E-state index is -0.610. The van der Waals surface area contributed by atoms with Gasteiger partial charge in [0, 0.05) is 13.1 Å². The lowest BCUT2D eigenvalue weighted by molar-refractivity contribution is -0.142. The number of benzene rings is 2. The summed E-state index contributed by atoms with van der Waals surface area (Å²) in [6.45, 7) is 6.55. The molecule has 2 amide bonds. The quantitative estimate of drug-likeness (QED) is 0.667. The zero-order valence-corrected chi connectivity index (χ0v) is 17.6. The molecule has 29 heavy (non-hydrogen) atoms. The fourth-order valence-electron chi connectivity index (χ4n) is 2.72. The van der Waals surface area contributed by atoms with E-state index in [2.05, 4.69) is 5.32 Å². The summed E-state index contributed by atoms with van der Waals surface area (Å²) in [7, 11) is 1.59. The summed E-state index contributed by atoms with van der Waals surface area (Å²) in [6.07, 6.45) is 0. The van der Waals surface area contributed by atoms with Crippen LogP contribution in [0.15, 0.2) is 54.6 Å². The van der Waals surface area contributed by atoms with Gasteiger partial charge in [0.15, 0.2) is 6.61 Å². The SMILES string of the molecule is COc1ccc(OCC(=O)N(Cc2ccccc2)[C@@H](C)C(=O)NCC(C)C)cc1. The second kappa shape index (κ2) is 11.1. The highest BCUT2D eigenvalue weighted by Crippen LogP contribution is 2.17. The third kappa shape index (κ3) is 7.14. The molecule has 0 saturated carbocycles. The van der Waals surface area contributed by atoms with Crippen molar-refractivity contribution in [3.63, 3.8) is 0 Å². The van der Waals surface area contributed by atoms with Crippen LogP contribution < -0.4 is 14.8 Å². The lowest BCUT2D eigenvalue weighted by Gasteiger charge is -2.29. The summed E-state index contributed by atoms with van der Waals surface area (Å²) in [4.78, 5) is 27.0. The number of carbonyl (C=O) groups excluding carboxylic acids is 2. The maximum atomic E-state index is 12.9. The normalized spacial score (nSPS) is 11.6. The first-order valence-electron chi connectivity index (χ1n) is 9.78. The largest absolute Gasteiger partial charge is 0.497 e. The van der Waals surface area contributed by atoms with Gasteiger partial charge in [-0.2, -0.15) is 0 Å². The van der Waals surface area contributed by atoms with Gasteiger partial charge in [-0.15, -0.1) is 0 Å². The van der Waals surface area contributed by atoms with Crippen molar-refractivity contribution in [1.29, 1.82) is 0 Å². The van der Waals surface area contributed by atoms with E-state index in [1.54, 1.807) is 43.2 Å². The van der Waals surface area contributed by atoms with E-state index < -0.39 is 6.04 Å². The van der Waals surface area contributed by atoms with Crippen LogP contribution in [0.25, 0.3) is 0 Å². The van der Waals surface area contributed by atoms with Crippen molar-refractivity contribution < 1.29 is 19.1 Å². The van der Waals surface area contributed by atoms with Gasteiger partial charge in [-0.3, -0.25) is 9.59 Å². The molecule has 2 aromatic carbocycles. The Morgan fingerprint density at radius 1 is 0.966 bits per heavy atom. The Hall–Kier alpha value is -3.02. The predicted molar refractivity (Wildman–Crippen MR) is 113 cm³/mol. The predicted octanol–water partition coefficient (Wildman–Crippen LogP) is 3.26. The number of carbonyl (C=O) groups is 2. The fourth-order valence-corrected chi connectivity index (χ4v) is 2.72. The van der Waals surface area contributed by atoms with Crippen molar-refractivity contribution in [2.75, 3.05) is 20.3 Å². The van der Waals surface area contributed by atoms with Crippen LogP contribution in [0.3, 0.4) is 0 Å². The summed E-state index contributed by atoms with van der Waals surface area (Å²) >= 11 is 0. The first-order chi connectivity index (χ1) is 13.9. The molecule has 0 fully saturated rings. The van der Waals surface area contributed by atoms with Gasteiger partial charge in [0.1, 0.15) is 17.5 Å². The molecular formula is C23H30N2O4. The summed E-state index contributed by atoms with van der Waals surface area (Å²) in [5, 5.41) is 2.90. The average molecular weight is 399 g/mol. The van der Waals surface area contributed by atoms with Crippen molar-refractivity contribution in [3.05, 3.63) is 60.2 Å². The molecule has 1 N–H and O–H groups in total. The molecule has 0 aliphatic heterocycles. The molecule has 6 heteroatoms. The van der Waals surface area contributed by atoms with E-state index in [4.69, 9.17) is 9.47 Å². The van der Waals surface area contributed by atoms with Gasteiger partial charge in [0.05, 0.1) is 7.11 Å². The highest BCUT2D eigenvalue weighted by molar-refractivity contribution is 5.87. The van der Waals surface area contributed by atoms with E-state index in [1.807, 2.05) is 44.2 Å². The van der Waals surface area contributed by atoms with Crippen LogP contribution in [0.5, 0.6) is 11.5 Å². The standard InChI is InChI=1S/C23H30N2O4/c1-17(2)14-24-23(27)18(3)25(15-19-8-6-5-7-9-19)22(26)16-29-21-12-10-20(28-4)11-13-21/h5-13,17-18H,14-16H2,1-4H3,(H,24,27)/t18-/m0/s1. The van der Waals surface area contributed by atoms with Gasteiger partial charge in [-0.25, -0.2) is 0 Å². The number of nitrogens with zero attached hydrogens (tertiary/aromatic N) is 1. The number of rotatable bonds is 10. The van der Waals surface area contributed by atoms with E-state index in [0.29, 0.717) is 30.5 Å². The molecular weight excluding hydrogens is 368 g/mol. The minimum absolute atomic E-state index is 0.152. The minimum Gasteiger partial charge on any atom is -0.497 e. The maximum absolute atomic E-state index is 12.9. The van der Waals surface area contributed by atoms with Crippen LogP contribution in [0.4, 0.5) is 0 Å². The van der Waals surface area contributed by atoms with Crippen molar-refractivity contribution in [2.24, 2.45) is 5.92 Å². The summed E-state index contributed by atoms with van der Waals surface area (Å²) in [5.74, 6) is 1.19. The van der Waals surface area contributed by atoms with E-state index in [0.717, 1.165) is 5.56 Å². The first-order valence-corrected chi connectivity index (χ1v) is 9.78. The van der Waals surface area contributed by atoms with Gasteiger partial charge < -0.3 is 19.7 Å². The molecule has 0 aliphatic carbocycles. The zero-order chi connectivity index (χ0) is 21.2. The van der Waals surface area contributed by atoms with Crippen molar-refractivity contribution >= 4 is 11.8 Å². The van der Waals surface area contributed by atoms with Crippen molar-refractivity contribution in [2.45, 2.75) is 33.4 Å². The van der Waals surface area contributed by atoms with Crippen LogP contribution in [0.1, 0.15) is 26.3 Å². The van der Waals surface area contributed by atoms with Gasteiger partial charge in [0.25, 0.3) is 5.91 Å². The van der Waals surface area contributed by atoms with Gasteiger partial charge in [0.2, 0.25) is 5.91 Å². The first kappa shape index (κ1) is 22.3. The van der Waals surface area contributed by atoms with Crippen molar-refractivity contribution in [3.8, 4) is 11.5 Å². The van der Waals surface area contributed by atoms with E-state index >= 15 is 0 Å². The second-order valence-electron chi connectivity index (χ2n) is 7.29. The Balaban J connectivity index is 2.07. The fraction of sp³-hybridized carbons (Fsp3) is 0.391. The van der Waals surface area contributed by atoms with Crippen LogP contribution in [0, 0.1) is 5.92 Å². The van der Waals surface area contributed by atoms with E-state index in [-0.39, 0.29) is 18.4 Å². The van der Waals surface area contributed by atoms with Crippen LogP contribution in [-0.2, 0) is 16.1 Å². The topological polar surface area (TPSA) is 67.9 Å². The molecule has 2 aromatic rings. The number of ether oxygens (including phenoxy) is 2. The molecule has 1 atom stereocenters. The molecule has 0 radical (unpaired) electrons. The Kier molecular flexibility index (Phi) is 8.52. The molecule has 0 aromatic heterocycles. The summed E-state index contributed by atoms with van der Waals surface area (Å²) in [5.41, 5.74) is 0.953. The lowest BCUT2D eigenvalue weighted by atomic mass is 10.1. The Morgan fingerprint density at radius 2 is 1.59 bits per heavy atom. The summed E-state index contributed by atoms with van der Waals surface area (Å²) < 4.78 is 10.8. The third-order valence-corrected chi connectivity index (χ3v) is 4.47. The number of methoxy groups -OCH3 is 1. The van der Waals surface area contributed by atoms with Gasteiger partial charge in [-0.05, 0) is 42.7 Å². The van der Waals surface area contributed by atoms with Gasteiger partial charge >= 0.3 is 0 Å². The lowest BCUT2D eigenvalue weighted by Crippen LogP contribution is -2.49. The van der Waals surface area contributed by atoms with Gasteiger partial charge in [-0.1, -0.05) is 44.2 Å². The zero-order valence-electron chi connectivity index (χ0n) is 17.6. The highest BCUT2D eigenvalue weighted by atomic mass is 16.5. The molecule has 0 spiro atoms. The van der Waals surface area contributed by atoms with E-state index in [1.165, 1.54) is 0 Å². The molecule has 6 nitrogen and oxygen atoms in total. The second-order valence-corrected chi connectivity index (χ2v) is 7.29. The Bertz CT molecular complexity index is 775. The molecule has 0 bridgehead atoms. The molecule has 156 valence electrons. The number of amides is 2. The molecule has 0 aliphatic rings. The monoisotopic (exact) mass is 398 g/mol. The van der Waals surface area contributed by atoms with Crippen LogP contribution >= 0.6 is 0 Å². The Morgan fingerprint density at radius 3 is 2.17 bits per heavy atom. The average Bonchev–Trinajstić information content (AvgIpc) is 2.74. The van der Waals surface area contributed by atoms with Crippen LogP contribution in [0.2, 0.25) is 0 Å². The highest BCUT2D eigenvalue weighted by Gasteiger charge is 2.26. The van der Waals surface area contributed by atoms with Crippen LogP contribution in [-0.4, -0.2) is 43.0 Å². The third-order valence-electron chi connectivity index (χ3n) is 4.47. The number of nitrogens with one attached hydrogen (secondary N) is 1. The maximum Gasteiger partial charge on any atom is 0.261 e. The van der Waals surface area contributed by atoms with E-state index in [9.17, 15) is 9.59 Å². The molecule has 0 heterocycles. The molecule has 0 saturated heterocycles. The van der Waals surface area contributed by atoms with Crippen molar-refractivity contribution in [1.82, 2.24) is 10.2 Å². The summed E-state index contributed by atoms with van der Waals surface area (Å²) in [6, 6.07) is 16.0. The molecule has 0 unspecified atom stereocenters.